The fourth-order valence-electron chi connectivity index (χ4n) is 5.71. The summed E-state index contributed by atoms with van der Waals surface area (Å²) in [4.78, 5) is 13.6. The van der Waals surface area contributed by atoms with Crippen molar-refractivity contribution in [2.45, 2.75) is 64.2 Å². The zero-order chi connectivity index (χ0) is 14.3. The SMILES string of the molecule is O=C1c2ccccc2CCCCC12C1CCCC2CCC1. The lowest BCUT2D eigenvalue weighted by atomic mass is 9.50. The van der Waals surface area contributed by atoms with Gasteiger partial charge in [-0.15, -0.1) is 0 Å². The largest absolute Gasteiger partial charge is 0.294 e. The van der Waals surface area contributed by atoms with Gasteiger partial charge in [-0.05, 0) is 62.3 Å². The van der Waals surface area contributed by atoms with Gasteiger partial charge in [-0.1, -0.05) is 43.5 Å². The Morgan fingerprint density at radius 1 is 0.857 bits per heavy atom. The molecule has 0 N–H and O–H groups in total. The molecule has 1 aromatic rings. The highest BCUT2D eigenvalue weighted by Crippen LogP contribution is 2.57. The molecule has 1 spiro atoms. The number of Topliss-reactive ketones (excluding diaryl/α,β-unsaturated/α-hetero) is 1. The molecule has 4 rings (SSSR count). The molecule has 21 heavy (non-hydrogen) atoms. The molecule has 2 bridgehead atoms. The van der Waals surface area contributed by atoms with Gasteiger partial charge in [-0.25, -0.2) is 0 Å². The highest BCUT2D eigenvalue weighted by Gasteiger charge is 2.54. The van der Waals surface area contributed by atoms with Crippen LogP contribution in [-0.4, -0.2) is 5.78 Å². The molecule has 2 fully saturated rings. The molecule has 0 aliphatic heterocycles. The maximum Gasteiger partial charge on any atom is 0.169 e. The van der Waals surface area contributed by atoms with Crippen molar-refractivity contribution in [2.75, 3.05) is 0 Å². The minimum atomic E-state index is 0.00697. The van der Waals surface area contributed by atoms with Crippen molar-refractivity contribution in [1.29, 1.82) is 0 Å². The molecule has 0 amide bonds. The molecule has 112 valence electrons. The molecule has 1 nitrogen and oxygen atoms in total. The van der Waals surface area contributed by atoms with E-state index in [1.807, 2.05) is 0 Å². The van der Waals surface area contributed by atoms with Crippen LogP contribution in [0.5, 0.6) is 0 Å². The first kappa shape index (κ1) is 13.5. The Morgan fingerprint density at radius 3 is 2.24 bits per heavy atom. The molecule has 0 saturated heterocycles. The standard InChI is InChI=1S/C20H26O/c21-19-18-13-2-1-7-15(18)8-3-4-14-20(19)16-9-5-10-17(20)12-6-11-16/h1-2,7,13,16-17H,3-6,8-12,14H2. The summed E-state index contributed by atoms with van der Waals surface area (Å²) in [5, 5.41) is 0. The Bertz CT molecular complexity index is 523. The number of fused-ring (bicyclic) bond motifs is 1. The van der Waals surface area contributed by atoms with Gasteiger partial charge >= 0.3 is 0 Å². The highest BCUT2D eigenvalue weighted by molar-refractivity contribution is 6.02. The van der Waals surface area contributed by atoms with Crippen molar-refractivity contribution >= 4 is 5.78 Å². The first-order chi connectivity index (χ1) is 10.3. The summed E-state index contributed by atoms with van der Waals surface area (Å²) in [5.41, 5.74) is 2.38. The van der Waals surface area contributed by atoms with E-state index in [0.717, 1.165) is 18.4 Å². The number of rotatable bonds is 0. The second-order valence-corrected chi connectivity index (χ2v) is 7.49. The molecule has 3 aliphatic carbocycles. The van der Waals surface area contributed by atoms with Crippen molar-refractivity contribution in [2.24, 2.45) is 17.3 Å². The normalized spacial score (nSPS) is 35.9. The minimum absolute atomic E-state index is 0.00697. The van der Waals surface area contributed by atoms with E-state index in [1.54, 1.807) is 0 Å². The van der Waals surface area contributed by atoms with E-state index < -0.39 is 0 Å². The summed E-state index contributed by atoms with van der Waals surface area (Å²) in [6, 6.07) is 8.45. The van der Waals surface area contributed by atoms with Crippen LogP contribution in [0.4, 0.5) is 0 Å². The second kappa shape index (κ2) is 5.26. The maximum absolute atomic E-state index is 13.6. The number of hydrogen-bond acceptors (Lipinski definition) is 1. The zero-order valence-electron chi connectivity index (χ0n) is 12.9. The van der Waals surface area contributed by atoms with Gasteiger partial charge in [0.15, 0.2) is 5.78 Å². The van der Waals surface area contributed by atoms with E-state index in [4.69, 9.17) is 0 Å². The number of carbonyl (C=O) groups is 1. The number of aryl methyl sites for hydroxylation is 1. The van der Waals surface area contributed by atoms with E-state index >= 15 is 0 Å². The van der Waals surface area contributed by atoms with Crippen molar-refractivity contribution in [3.63, 3.8) is 0 Å². The number of carbonyl (C=O) groups excluding carboxylic acids is 1. The molecule has 0 aromatic heterocycles. The molecule has 3 aliphatic rings. The first-order valence-corrected chi connectivity index (χ1v) is 8.95. The third kappa shape index (κ3) is 2.00. The van der Waals surface area contributed by atoms with Crippen LogP contribution in [0.25, 0.3) is 0 Å². The maximum atomic E-state index is 13.6. The van der Waals surface area contributed by atoms with Crippen molar-refractivity contribution < 1.29 is 4.79 Å². The summed E-state index contributed by atoms with van der Waals surface area (Å²) in [5.74, 6) is 1.86. The van der Waals surface area contributed by atoms with Crippen LogP contribution in [-0.2, 0) is 6.42 Å². The Kier molecular flexibility index (Phi) is 3.40. The average Bonchev–Trinajstić information content (AvgIpc) is 2.49. The lowest BCUT2D eigenvalue weighted by Gasteiger charge is -2.53. The summed E-state index contributed by atoms with van der Waals surface area (Å²) in [7, 11) is 0. The number of benzene rings is 1. The van der Waals surface area contributed by atoms with Crippen LogP contribution in [0.3, 0.4) is 0 Å². The van der Waals surface area contributed by atoms with Gasteiger partial charge in [0.25, 0.3) is 0 Å². The van der Waals surface area contributed by atoms with Crippen LogP contribution in [0.1, 0.15) is 73.7 Å². The van der Waals surface area contributed by atoms with E-state index in [1.165, 1.54) is 56.9 Å². The molecule has 1 heteroatoms. The van der Waals surface area contributed by atoms with Crippen LogP contribution in [0.15, 0.2) is 24.3 Å². The van der Waals surface area contributed by atoms with Crippen LogP contribution < -0.4 is 0 Å². The summed E-state index contributed by atoms with van der Waals surface area (Å²) < 4.78 is 0. The monoisotopic (exact) mass is 282 g/mol. The quantitative estimate of drug-likeness (QED) is 0.640. The van der Waals surface area contributed by atoms with Crippen LogP contribution in [0.2, 0.25) is 0 Å². The molecular formula is C20H26O. The van der Waals surface area contributed by atoms with E-state index in [2.05, 4.69) is 24.3 Å². The van der Waals surface area contributed by atoms with Gasteiger partial charge in [-0.2, -0.15) is 0 Å². The van der Waals surface area contributed by atoms with Gasteiger partial charge in [0.2, 0.25) is 0 Å². The first-order valence-electron chi connectivity index (χ1n) is 8.95. The molecule has 0 heterocycles. The van der Waals surface area contributed by atoms with Gasteiger partial charge < -0.3 is 0 Å². The highest BCUT2D eigenvalue weighted by atomic mass is 16.1. The third-order valence-corrected chi connectivity index (χ3v) is 6.64. The lowest BCUT2D eigenvalue weighted by molar-refractivity contribution is -0.0117. The van der Waals surface area contributed by atoms with Gasteiger partial charge in [0, 0.05) is 11.0 Å². The van der Waals surface area contributed by atoms with Gasteiger partial charge in [0.1, 0.15) is 0 Å². The fraction of sp³-hybridized carbons (Fsp3) is 0.650. The summed E-state index contributed by atoms with van der Waals surface area (Å²) >= 11 is 0. The number of ketones is 1. The number of hydrogen-bond donors (Lipinski definition) is 0. The van der Waals surface area contributed by atoms with E-state index in [0.29, 0.717) is 17.6 Å². The van der Waals surface area contributed by atoms with Crippen molar-refractivity contribution in [3.8, 4) is 0 Å². The molecule has 0 unspecified atom stereocenters. The molecule has 2 saturated carbocycles. The van der Waals surface area contributed by atoms with Gasteiger partial charge in [0.05, 0.1) is 0 Å². The van der Waals surface area contributed by atoms with Gasteiger partial charge in [-0.3, -0.25) is 4.79 Å². The predicted molar refractivity (Wildman–Crippen MR) is 85.4 cm³/mol. The predicted octanol–water partition coefficient (Wildman–Crippen LogP) is 5.18. The average molecular weight is 282 g/mol. The lowest BCUT2D eigenvalue weighted by Crippen LogP contribution is -2.50. The minimum Gasteiger partial charge on any atom is -0.294 e. The smallest absolute Gasteiger partial charge is 0.169 e. The van der Waals surface area contributed by atoms with E-state index in [-0.39, 0.29) is 5.41 Å². The van der Waals surface area contributed by atoms with Crippen LogP contribution >= 0.6 is 0 Å². The zero-order valence-corrected chi connectivity index (χ0v) is 12.9. The topological polar surface area (TPSA) is 17.1 Å². The summed E-state index contributed by atoms with van der Waals surface area (Å²) in [6.07, 6.45) is 12.6. The van der Waals surface area contributed by atoms with Crippen molar-refractivity contribution in [1.82, 2.24) is 0 Å². The molecule has 0 atom stereocenters. The molecular weight excluding hydrogens is 256 g/mol. The Morgan fingerprint density at radius 2 is 1.52 bits per heavy atom. The van der Waals surface area contributed by atoms with E-state index in [9.17, 15) is 4.79 Å². The Balaban J connectivity index is 1.83. The fourth-order valence-corrected chi connectivity index (χ4v) is 5.71. The Labute approximate surface area is 128 Å². The molecule has 0 radical (unpaired) electrons. The van der Waals surface area contributed by atoms with Crippen molar-refractivity contribution in [3.05, 3.63) is 35.4 Å². The Hall–Kier alpha value is -1.11. The summed E-state index contributed by atoms with van der Waals surface area (Å²) in [6.45, 7) is 0. The second-order valence-electron chi connectivity index (χ2n) is 7.49. The van der Waals surface area contributed by atoms with Crippen LogP contribution in [0, 0.1) is 17.3 Å². The molecule has 1 aromatic carbocycles. The third-order valence-electron chi connectivity index (χ3n) is 6.64.